The molecule has 0 aromatic heterocycles. The highest BCUT2D eigenvalue weighted by Gasteiger charge is 2.46. The maximum Gasteiger partial charge on any atom is 0.148 e. The van der Waals surface area contributed by atoms with Gasteiger partial charge < -0.3 is 10.0 Å². The zero-order valence-corrected chi connectivity index (χ0v) is 8.66. The molecule has 2 rings (SSSR count). The Kier molecular flexibility index (Phi) is 2.01. The van der Waals surface area contributed by atoms with Gasteiger partial charge in [-0.05, 0) is 18.3 Å². The molecule has 0 radical (unpaired) electrons. The van der Waals surface area contributed by atoms with Gasteiger partial charge in [0.15, 0.2) is 0 Å². The third-order valence-electron chi connectivity index (χ3n) is 2.94. The molecule has 4 heteroatoms. The van der Waals surface area contributed by atoms with Crippen LogP contribution in [0.5, 0.6) is 0 Å². The van der Waals surface area contributed by atoms with E-state index in [4.69, 9.17) is 10.0 Å². The molecule has 14 heavy (non-hydrogen) atoms. The monoisotopic (exact) mass is 196 g/mol. The maximum atomic E-state index is 8.86. The molecule has 0 aromatic carbocycles. The van der Waals surface area contributed by atoms with E-state index < -0.39 is 0 Å². The van der Waals surface area contributed by atoms with Gasteiger partial charge in [-0.25, -0.2) is 0 Å². The average Bonchev–Trinajstić information content (AvgIpc) is 2.49. The summed E-state index contributed by atoms with van der Waals surface area (Å²) >= 11 is 0. The van der Waals surface area contributed by atoms with Gasteiger partial charge in [-0.1, -0.05) is 24.2 Å². The first-order valence-corrected chi connectivity index (χ1v) is 4.95. The second-order valence-corrected chi connectivity index (χ2v) is 5.13. The van der Waals surface area contributed by atoms with Crippen molar-refractivity contribution in [2.45, 2.75) is 45.1 Å². The molecule has 1 fully saturated rings. The normalized spacial score (nSPS) is 37.7. The van der Waals surface area contributed by atoms with Crippen LogP contribution >= 0.6 is 0 Å². The number of hydrogen-bond donors (Lipinski definition) is 1. The van der Waals surface area contributed by atoms with Crippen LogP contribution in [0.15, 0.2) is 10.3 Å². The van der Waals surface area contributed by atoms with Crippen molar-refractivity contribution in [3.05, 3.63) is 0 Å². The zero-order chi connectivity index (χ0) is 10.2. The lowest BCUT2D eigenvalue weighted by Crippen LogP contribution is -2.42. The second kappa shape index (κ2) is 2.97. The summed E-state index contributed by atoms with van der Waals surface area (Å²) < 4.78 is 0. The van der Waals surface area contributed by atoms with Gasteiger partial charge in [-0.15, -0.1) is 0 Å². The first kappa shape index (κ1) is 9.49. The van der Waals surface area contributed by atoms with Crippen LogP contribution in [0.1, 0.15) is 39.5 Å². The van der Waals surface area contributed by atoms with Crippen molar-refractivity contribution in [3.63, 3.8) is 0 Å². The quantitative estimate of drug-likeness (QED) is 0.477. The molecular formula is C10H16N2O2. The minimum atomic E-state index is -0.233. The van der Waals surface area contributed by atoms with Crippen LogP contribution in [-0.4, -0.2) is 22.7 Å². The standard InChI is InChI=1S/C10H16N2O2/c1-9(2)5-8(12-13)6-10(7-9)3-4-11-14-10/h4,13H,3,5-7H2,1-2H3. The van der Waals surface area contributed by atoms with E-state index >= 15 is 0 Å². The molecule has 0 saturated heterocycles. The van der Waals surface area contributed by atoms with Crippen molar-refractivity contribution >= 4 is 11.9 Å². The van der Waals surface area contributed by atoms with Gasteiger partial charge in [0.05, 0.1) is 5.71 Å². The second-order valence-electron chi connectivity index (χ2n) is 5.13. The molecule has 1 heterocycles. The van der Waals surface area contributed by atoms with Gasteiger partial charge in [-0.3, -0.25) is 0 Å². The third-order valence-corrected chi connectivity index (χ3v) is 2.94. The Labute approximate surface area is 83.6 Å². The summed E-state index contributed by atoms with van der Waals surface area (Å²) in [5.74, 6) is 0. The maximum absolute atomic E-state index is 8.86. The van der Waals surface area contributed by atoms with Crippen molar-refractivity contribution in [2.24, 2.45) is 15.7 Å². The van der Waals surface area contributed by atoms with Crippen molar-refractivity contribution in [1.29, 1.82) is 0 Å². The fraction of sp³-hybridized carbons (Fsp3) is 0.800. The molecule has 1 spiro atoms. The highest BCUT2D eigenvalue weighted by atomic mass is 16.7. The molecule has 1 atom stereocenters. The van der Waals surface area contributed by atoms with Crippen molar-refractivity contribution in [1.82, 2.24) is 0 Å². The molecule has 1 N–H and O–H groups in total. The molecule has 78 valence electrons. The Bertz CT molecular complexity index is 286. The Morgan fingerprint density at radius 3 is 2.86 bits per heavy atom. The number of oxime groups is 2. The van der Waals surface area contributed by atoms with Crippen LogP contribution in [0, 0.1) is 5.41 Å². The number of nitrogens with zero attached hydrogens (tertiary/aromatic N) is 2. The number of rotatable bonds is 0. The Morgan fingerprint density at radius 2 is 2.29 bits per heavy atom. The van der Waals surface area contributed by atoms with Crippen LogP contribution in [0.4, 0.5) is 0 Å². The first-order valence-electron chi connectivity index (χ1n) is 4.95. The molecule has 4 nitrogen and oxygen atoms in total. The minimum absolute atomic E-state index is 0.132. The van der Waals surface area contributed by atoms with Crippen LogP contribution in [-0.2, 0) is 4.84 Å². The van der Waals surface area contributed by atoms with Crippen molar-refractivity contribution in [2.75, 3.05) is 0 Å². The third kappa shape index (κ3) is 1.61. The molecule has 1 aliphatic carbocycles. The summed E-state index contributed by atoms with van der Waals surface area (Å²) in [6.45, 7) is 4.33. The van der Waals surface area contributed by atoms with E-state index in [2.05, 4.69) is 24.2 Å². The smallest absolute Gasteiger partial charge is 0.148 e. The van der Waals surface area contributed by atoms with Crippen LogP contribution < -0.4 is 0 Å². The molecule has 1 aliphatic heterocycles. The predicted octanol–water partition coefficient (Wildman–Crippen LogP) is 2.17. The summed E-state index contributed by atoms with van der Waals surface area (Å²) in [6, 6.07) is 0. The van der Waals surface area contributed by atoms with Gasteiger partial charge in [0, 0.05) is 19.1 Å². The molecule has 0 amide bonds. The lowest BCUT2D eigenvalue weighted by atomic mass is 9.68. The minimum Gasteiger partial charge on any atom is -0.411 e. The number of hydrogen-bond acceptors (Lipinski definition) is 4. The molecule has 1 saturated carbocycles. The summed E-state index contributed by atoms with van der Waals surface area (Å²) in [5, 5.41) is 16.0. The van der Waals surface area contributed by atoms with Crippen LogP contribution in [0.3, 0.4) is 0 Å². The van der Waals surface area contributed by atoms with E-state index in [1.807, 2.05) is 0 Å². The molecule has 1 unspecified atom stereocenters. The average molecular weight is 196 g/mol. The molecular weight excluding hydrogens is 180 g/mol. The SMILES string of the molecule is CC1(C)CC(=NO)CC2(CC=NO2)C1. The van der Waals surface area contributed by atoms with E-state index in [9.17, 15) is 0 Å². The van der Waals surface area contributed by atoms with E-state index in [0.29, 0.717) is 6.42 Å². The van der Waals surface area contributed by atoms with E-state index in [-0.39, 0.29) is 11.0 Å². The van der Waals surface area contributed by atoms with Crippen molar-refractivity contribution in [3.8, 4) is 0 Å². The van der Waals surface area contributed by atoms with Crippen LogP contribution in [0.2, 0.25) is 0 Å². The van der Waals surface area contributed by atoms with Gasteiger partial charge in [0.2, 0.25) is 0 Å². The highest BCUT2D eigenvalue weighted by molar-refractivity contribution is 5.87. The molecule has 2 aliphatic rings. The lowest BCUT2D eigenvalue weighted by molar-refractivity contribution is -0.0516. The van der Waals surface area contributed by atoms with E-state index in [1.54, 1.807) is 6.21 Å². The van der Waals surface area contributed by atoms with Gasteiger partial charge in [0.1, 0.15) is 5.60 Å². The van der Waals surface area contributed by atoms with E-state index in [1.165, 1.54) is 0 Å². The van der Waals surface area contributed by atoms with Gasteiger partial charge >= 0.3 is 0 Å². The highest BCUT2D eigenvalue weighted by Crippen LogP contribution is 2.44. The largest absolute Gasteiger partial charge is 0.411 e. The zero-order valence-electron chi connectivity index (χ0n) is 8.66. The predicted molar refractivity (Wildman–Crippen MR) is 53.8 cm³/mol. The topological polar surface area (TPSA) is 54.2 Å². The summed E-state index contributed by atoms with van der Waals surface area (Å²) in [6.07, 6.45) is 5.15. The Morgan fingerprint density at radius 1 is 1.50 bits per heavy atom. The summed E-state index contributed by atoms with van der Waals surface area (Å²) in [5.41, 5.74) is 0.725. The molecule has 0 bridgehead atoms. The lowest BCUT2D eigenvalue weighted by Gasteiger charge is -2.40. The van der Waals surface area contributed by atoms with Gasteiger partial charge in [0.25, 0.3) is 0 Å². The van der Waals surface area contributed by atoms with Gasteiger partial charge in [-0.2, -0.15) is 0 Å². The Balaban J connectivity index is 2.21. The van der Waals surface area contributed by atoms with Crippen LogP contribution in [0.25, 0.3) is 0 Å². The molecule has 0 aromatic rings. The summed E-state index contributed by atoms with van der Waals surface area (Å²) in [7, 11) is 0. The van der Waals surface area contributed by atoms with E-state index in [0.717, 1.165) is 25.0 Å². The summed E-state index contributed by atoms with van der Waals surface area (Å²) in [4.78, 5) is 5.43. The fourth-order valence-electron chi connectivity index (χ4n) is 2.65. The first-order chi connectivity index (χ1) is 6.55. The Hall–Kier alpha value is -1.06. The fourth-order valence-corrected chi connectivity index (χ4v) is 2.65. The van der Waals surface area contributed by atoms with Crippen molar-refractivity contribution < 1.29 is 10.0 Å².